The first-order valence-corrected chi connectivity index (χ1v) is 3.86. The molecule has 0 saturated carbocycles. The van der Waals surface area contributed by atoms with E-state index < -0.39 is 0 Å². The summed E-state index contributed by atoms with van der Waals surface area (Å²) in [5, 5.41) is 11.7. The van der Waals surface area contributed by atoms with Crippen LogP contribution in [-0.2, 0) is 7.05 Å². The third-order valence-corrected chi connectivity index (χ3v) is 1.75. The van der Waals surface area contributed by atoms with Crippen molar-refractivity contribution < 1.29 is 0 Å². The first kappa shape index (κ1) is 7.78. The Bertz CT molecular complexity index is 426. The van der Waals surface area contributed by atoms with Gasteiger partial charge in [-0.2, -0.15) is 5.10 Å². The van der Waals surface area contributed by atoms with E-state index in [-0.39, 0.29) is 0 Å². The van der Waals surface area contributed by atoms with E-state index in [1.54, 1.807) is 4.68 Å². The molecule has 0 spiro atoms. The van der Waals surface area contributed by atoms with Crippen LogP contribution in [0, 0.1) is 6.92 Å². The molecule has 2 rings (SSSR count). The predicted octanol–water partition coefficient (Wildman–Crippen LogP) is 0.0958. The highest BCUT2D eigenvalue weighted by molar-refractivity contribution is 5.51. The Hall–Kier alpha value is -1.85. The van der Waals surface area contributed by atoms with Gasteiger partial charge in [0.1, 0.15) is 5.69 Å². The van der Waals surface area contributed by atoms with Crippen LogP contribution in [0.4, 0.5) is 5.95 Å². The van der Waals surface area contributed by atoms with Crippen molar-refractivity contribution in [2.24, 2.45) is 7.05 Å². The molecule has 0 aromatic carbocycles. The molecular weight excluding hydrogens is 168 g/mol. The van der Waals surface area contributed by atoms with Gasteiger partial charge in [-0.1, -0.05) is 0 Å². The minimum absolute atomic E-state index is 0.314. The van der Waals surface area contributed by atoms with Gasteiger partial charge in [0.25, 0.3) is 0 Å². The molecule has 0 saturated heterocycles. The fraction of sp³-hybridized carbons (Fsp3) is 0.286. The smallest absolute Gasteiger partial charge is 0.219 e. The lowest BCUT2D eigenvalue weighted by Crippen LogP contribution is -1.95. The number of nitrogen functional groups attached to an aromatic ring is 1. The summed E-state index contributed by atoms with van der Waals surface area (Å²) in [5.41, 5.74) is 7.23. The number of nitrogens with two attached hydrogens (primary N) is 1. The molecule has 6 nitrogen and oxygen atoms in total. The lowest BCUT2D eigenvalue weighted by Gasteiger charge is -1.94. The molecule has 13 heavy (non-hydrogen) atoms. The summed E-state index contributed by atoms with van der Waals surface area (Å²) in [6.07, 6.45) is 0. The van der Waals surface area contributed by atoms with E-state index in [0.717, 1.165) is 11.4 Å². The van der Waals surface area contributed by atoms with Gasteiger partial charge in [0.2, 0.25) is 5.95 Å². The zero-order chi connectivity index (χ0) is 9.42. The molecule has 0 aliphatic rings. The first-order valence-electron chi connectivity index (χ1n) is 3.86. The molecule has 0 radical (unpaired) electrons. The molecular formula is C7H10N6. The van der Waals surface area contributed by atoms with Crippen LogP contribution in [0.2, 0.25) is 0 Å². The van der Waals surface area contributed by atoms with Gasteiger partial charge >= 0.3 is 0 Å². The Kier molecular flexibility index (Phi) is 1.54. The first-order chi connectivity index (χ1) is 6.16. The minimum Gasteiger partial charge on any atom is -0.368 e. The highest BCUT2D eigenvalue weighted by atomic mass is 15.3. The van der Waals surface area contributed by atoms with Crippen LogP contribution in [0.5, 0.6) is 0 Å². The molecule has 2 aromatic rings. The van der Waals surface area contributed by atoms with Gasteiger partial charge in [-0.15, -0.1) is 10.2 Å². The van der Waals surface area contributed by atoms with E-state index in [1.165, 1.54) is 0 Å². The second-order valence-corrected chi connectivity index (χ2v) is 2.85. The summed E-state index contributed by atoms with van der Waals surface area (Å²) in [5.74, 6) is 0.953. The van der Waals surface area contributed by atoms with E-state index in [1.807, 2.05) is 20.0 Å². The Morgan fingerprint density at radius 1 is 1.46 bits per heavy atom. The number of hydrogen-bond donors (Lipinski definition) is 2. The van der Waals surface area contributed by atoms with Crippen LogP contribution in [0.15, 0.2) is 6.07 Å². The number of nitrogens with zero attached hydrogens (tertiary/aromatic N) is 4. The summed E-state index contributed by atoms with van der Waals surface area (Å²) in [6, 6.07) is 1.92. The predicted molar refractivity (Wildman–Crippen MR) is 47.7 cm³/mol. The number of aromatic amines is 1. The zero-order valence-electron chi connectivity index (χ0n) is 7.44. The topological polar surface area (TPSA) is 85.4 Å². The van der Waals surface area contributed by atoms with Crippen molar-refractivity contribution in [2.45, 2.75) is 6.92 Å². The molecule has 6 heteroatoms. The number of hydrogen-bond acceptors (Lipinski definition) is 4. The molecule has 0 bridgehead atoms. The highest BCUT2D eigenvalue weighted by Crippen LogP contribution is 2.14. The van der Waals surface area contributed by atoms with Crippen LogP contribution < -0.4 is 5.73 Å². The molecule has 0 amide bonds. The summed E-state index contributed by atoms with van der Waals surface area (Å²) >= 11 is 0. The lowest BCUT2D eigenvalue weighted by atomic mass is 10.3. The van der Waals surface area contributed by atoms with Gasteiger partial charge in [0.15, 0.2) is 5.82 Å². The molecule has 0 atom stereocenters. The lowest BCUT2D eigenvalue weighted by molar-refractivity contribution is 0.759. The molecule has 68 valence electrons. The summed E-state index contributed by atoms with van der Waals surface area (Å²) < 4.78 is 1.73. The average molecular weight is 178 g/mol. The Morgan fingerprint density at radius 3 is 2.69 bits per heavy atom. The monoisotopic (exact) mass is 178 g/mol. The second kappa shape index (κ2) is 2.58. The third-order valence-electron chi connectivity index (χ3n) is 1.75. The maximum Gasteiger partial charge on any atom is 0.219 e. The normalized spacial score (nSPS) is 10.6. The molecule has 2 aromatic heterocycles. The van der Waals surface area contributed by atoms with Gasteiger partial charge in [0.05, 0.1) is 5.69 Å². The van der Waals surface area contributed by atoms with Gasteiger partial charge < -0.3 is 10.7 Å². The fourth-order valence-electron chi connectivity index (χ4n) is 1.22. The van der Waals surface area contributed by atoms with Crippen molar-refractivity contribution in [1.82, 2.24) is 25.0 Å². The van der Waals surface area contributed by atoms with Gasteiger partial charge in [0, 0.05) is 7.05 Å². The Morgan fingerprint density at radius 2 is 2.23 bits per heavy atom. The maximum absolute atomic E-state index is 5.41. The van der Waals surface area contributed by atoms with Crippen molar-refractivity contribution in [3.05, 3.63) is 11.8 Å². The molecule has 0 unspecified atom stereocenters. The Balaban J connectivity index is 2.51. The SMILES string of the molecule is Cc1cc(-c2nnc(N)[nH]2)n(C)n1. The van der Waals surface area contributed by atoms with Crippen LogP contribution in [0.3, 0.4) is 0 Å². The standard InChI is InChI=1S/C7H10N6/c1-4-3-5(13(2)12-4)6-9-7(8)11-10-6/h3H,1-2H3,(H3,8,9,10,11). The molecule has 3 N–H and O–H groups in total. The van der Waals surface area contributed by atoms with Crippen molar-refractivity contribution in [1.29, 1.82) is 0 Å². The van der Waals surface area contributed by atoms with Gasteiger partial charge in [-0.05, 0) is 13.0 Å². The van der Waals surface area contributed by atoms with E-state index >= 15 is 0 Å². The van der Waals surface area contributed by atoms with Crippen LogP contribution in [-0.4, -0.2) is 25.0 Å². The van der Waals surface area contributed by atoms with Crippen molar-refractivity contribution in [2.75, 3.05) is 5.73 Å². The van der Waals surface area contributed by atoms with Crippen LogP contribution >= 0.6 is 0 Å². The summed E-state index contributed by atoms with van der Waals surface area (Å²) in [6.45, 7) is 1.92. The second-order valence-electron chi connectivity index (χ2n) is 2.85. The van der Waals surface area contributed by atoms with E-state index in [9.17, 15) is 0 Å². The van der Waals surface area contributed by atoms with Crippen LogP contribution in [0.25, 0.3) is 11.5 Å². The summed E-state index contributed by atoms with van der Waals surface area (Å²) in [7, 11) is 1.85. The van der Waals surface area contributed by atoms with Gasteiger partial charge in [-0.25, -0.2) is 0 Å². The molecule has 0 aliphatic heterocycles. The molecule has 0 fully saturated rings. The zero-order valence-corrected chi connectivity index (χ0v) is 7.44. The average Bonchev–Trinajstić information content (AvgIpc) is 2.58. The van der Waals surface area contributed by atoms with Crippen molar-refractivity contribution >= 4 is 5.95 Å². The van der Waals surface area contributed by atoms with Gasteiger partial charge in [-0.3, -0.25) is 4.68 Å². The van der Waals surface area contributed by atoms with Crippen molar-refractivity contribution in [3.63, 3.8) is 0 Å². The maximum atomic E-state index is 5.41. The fourth-order valence-corrected chi connectivity index (χ4v) is 1.22. The Labute approximate surface area is 74.8 Å². The number of aryl methyl sites for hydroxylation is 2. The number of nitrogens with one attached hydrogen (secondary N) is 1. The number of aromatic nitrogens is 5. The number of rotatable bonds is 1. The van der Waals surface area contributed by atoms with E-state index in [4.69, 9.17) is 5.73 Å². The van der Waals surface area contributed by atoms with E-state index in [2.05, 4.69) is 20.3 Å². The summed E-state index contributed by atoms with van der Waals surface area (Å²) in [4.78, 5) is 2.84. The number of H-pyrrole nitrogens is 1. The minimum atomic E-state index is 0.314. The van der Waals surface area contributed by atoms with Crippen molar-refractivity contribution in [3.8, 4) is 11.5 Å². The molecule has 0 aliphatic carbocycles. The largest absolute Gasteiger partial charge is 0.368 e. The third kappa shape index (κ3) is 1.26. The molecule has 2 heterocycles. The highest BCUT2D eigenvalue weighted by Gasteiger charge is 2.08. The van der Waals surface area contributed by atoms with Crippen LogP contribution in [0.1, 0.15) is 5.69 Å². The quantitative estimate of drug-likeness (QED) is 0.648. The number of anilines is 1. The van der Waals surface area contributed by atoms with E-state index in [0.29, 0.717) is 11.8 Å².